The Morgan fingerprint density at radius 3 is 2.42 bits per heavy atom. The monoisotopic (exact) mass is 419 g/mol. The molecule has 1 aliphatic heterocycles. The average Bonchev–Trinajstić information content (AvgIpc) is 3.39. The summed E-state index contributed by atoms with van der Waals surface area (Å²) < 4.78 is 18.8. The van der Waals surface area contributed by atoms with Crippen LogP contribution in [0.1, 0.15) is 23.8 Å². The predicted molar refractivity (Wildman–Crippen MR) is 113 cm³/mol. The van der Waals surface area contributed by atoms with E-state index in [1.54, 1.807) is 24.5 Å². The number of carbonyl (C=O) groups is 2. The standard InChI is InChI=1S/C24H22FN3O3/c1-2-27(14-11-17-9-12-26-13-10-17)22-21(18-5-7-19(25)8-6-18)23(29)28(24(22)30)16-20-4-3-15-31-20/h3-10,12-13,15H,2,11,14,16H2,1H3. The summed E-state index contributed by atoms with van der Waals surface area (Å²) in [6.45, 7) is 3.07. The van der Waals surface area contributed by atoms with Gasteiger partial charge in [-0.05, 0) is 60.9 Å². The van der Waals surface area contributed by atoms with Crippen molar-refractivity contribution in [1.29, 1.82) is 0 Å². The zero-order valence-electron chi connectivity index (χ0n) is 17.1. The van der Waals surface area contributed by atoms with Gasteiger partial charge in [0.1, 0.15) is 17.3 Å². The van der Waals surface area contributed by atoms with Crippen LogP contribution in [0, 0.1) is 5.82 Å². The van der Waals surface area contributed by atoms with Gasteiger partial charge in [0.15, 0.2) is 0 Å². The van der Waals surface area contributed by atoms with Crippen LogP contribution in [0.2, 0.25) is 0 Å². The number of hydrogen-bond donors (Lipinski definition) is 0. The SMILES string of the molecule is CCN(CCc1ccncc1)C1=C(c2ccc(F)cc2)C(=O)N(Cc2ccco2)C1=O. The number of nitrogens with zero attached hydrogens (tertiary/aromatic N) is 3. The number of carbonyl (C=O) groups excluding carboxylic acids is 2. The molecule has 6 nitrogen and oxygen atoms in total. The van der Waals surface area contributed by atoms with Crippen molar-refractivity contribution in [2.45, 2.75) is 19.9 Å². The van der Waals surface area contributed by atoms with E-state index in [2.05, 4.69) is 4.98 Å². The molecule has 3 aromatic rings. The molecule has 0 unspecified atom stereocenters. The van der Waals surface area contributed by atoms with E-state index in [0.717, 1.165) is 5.56 Å². The van der Waals surface area contributed by atoms with Gasteiger partial charge in [-0.3, -0.25) is 19.5 Å². The number of hydrogen-bond acceptors (Lipinski definition) is 5. The van der Waals surface area contributed by atoms with Gasteiger partial charge in [0.25, 0.3) is 11.8 Å². The summed E-state index contributed by atoms with van der Waals surface area (Å²) in [5.41, 5.74) is 2.22. The minimum absolute atomic E-state index is 0.0424. The van der Waals surface area contributed by atoms with Crippen LogP contribution in [0.15, 0.2) is 77.3 Å². The molecule has 1 aliphatic rings. The van der Waals surface area contributed by atoms with Gasteiger partial charge in [-0.1, -0.05) is 12.1 Å². The summed E-state index contributed by atoms with van der Waals surface area (Å²) in [6.07, 6.45) is 5.65. The van der Waals surface area contributed by atoms with Crippen molar-refractivity contribution >= 4 is 17.4 Å². The van der Waals surface area contributed by atoms with Gasteiger partial charge in [-0.25, -0.2) is 4.39 Å². The number of likely N-dealkylation sites (N-methyl/N-ethyl adjacent to an activating group) is 1. The molecule has 0 spiro atoms. The number of halogens is 1. The Morgan fingerprint density at radius 1 is 1.03 bits per heavy atom. The fourth-order valence-electron chi connectivity index (χ4n) is 3.68. The van der Waals surface area contributed by atoms with E-state index in [1.165, 1.54) is 35.4 Å². The number of rotatable bonds is 8. The lowest BCUT2D eigenvalue weighted by atomic mass is 10.0. The van der Waals surface area contributed by atoms with Gasteiger partial charge in [0.05, 0.1) is 18.4 Å². The average molecular weight is 419 g/mol. The smallest absolute Gasteiger partial charge is 0.278 e. The zero-order valence-corrected chi connectivity index (χ0v) is 17.1. The first kappa shape index (κ1) is 20.5. The van der Waals surface area contributed by atoms with E-state index >= 15 is 0 Å². The molecule has 2 aromatic heterocycles. The molecule has 0 N–H and O–H groups in total. The molecule has 4 rings (SSSR count). The first-order valence-electron chi connectivity index (χ1n) is 10.1. The Labute approximate surface area is 179 Å². The van der Waals surface area contributed by atoms with Crippen LogP contribution < -0.4 is 0 Å². The second-order valence-corrected chi connectivity index (χ2v) is 7.19. The third kappa shape index (κ3) is 4.26. The molecule has 0 atom stereocenters. The molecule has 0 saturated carbocycles. The van der Waals surface area contributed by atoms with Crippen molar-refractivity contribution in [3.8, 4) is 0 Å². The highest BCUT2D eigenvalue weighted by molar-refractivity contribution is 6.35. The Morgan fingerprint density at radius 2 is 1.77 bits per heavy atom. The quantitative estimate of drug-likeness (QED) is 0.522. The second kappa shape index (κ2) is 8.95. The van der Waals surface area contributed by atoms with Crippen LogP contribution in [0.25, 0.3) is 5.57 Å². The molecule has 3 heterocycles. The summed E-state index contributed by atoms with van der Waals surface area (Å²) in [5, 5.41) is 0. The van der Waals surface area contributed by atoms with Gasteiger partial charge < -0.3 is 9.32 Å². The normalized spacial score (nSPS) is 13.9. The third-order valence-electron chi connectivity index (χ3n) is 5.29. The molecular weight excluding hydrogens is 397 g/mol. The number of pyridine rings is 1. The van der Waals surface area contributed by atoms with E-state index in [0.29, 0.717) is 36.5 Å². The van der Waals surface area contributed by atoms with Crippen molar-refractivity contribution in [3.63, 3.8) is 0 Å². The van der Waals surface area contributed by atoms with Gasteiger partial charge in [-0.2, -0.15) is 0 Å². The Kier molecular flexibility index (Phi) is 5.93. The molecule has 0 radical (unpaired) electrons. The van der Waals surface area contributed by atoms with Crippen molar-refractivity contribution in [2.24, 2.45) is 0 Å². The predicted octanol–water partition coefficient (Wildman–Crippen LogP) is 3.66. The Bertz CT molecular complexity index is 1090. The lowest BCUT2D eigenvalue weighted by Crippen LogP contribution is -2.35. The highest BCUT2D eigenvalue weighted by atomic mass is 19.1. The highest BCUT2D eigenvalue weighted by Crippen LogP contribution is 2.33. The molecule has 31 heavy (non-hydrogen) atoms. The molecule has 0 bridgehead atoms. The minimum atomic E-state index is -0.412. The molecule has 0 saturated heterocycles. The molecule has 1 aromatic carbocycles. The molecule has 158 valence electrons. The molecule has 0 fully saturated rings. The largest absolute Gasteiger partial charge is 0.467 e. The number of imide groups is 1. The van der Waals surface area contributed by atoms with Gasteiger partial charge in [0.2, 0.25) is 0 Å². The van der Waals surface area contributed by atoms with Crippen LogP contribution in [0.5, 0.6) is 0 Å². The summed E-state index contributed by atoms with van der Waals surface area (Å²) >= 11 is 0. The van der Waals surface area contributed by atoms with Gasteiger partial charge in [0, 0.05) is 25.5 Å². The first-order valence-corrected chi connectivity index (χ1v) is 10.1. The highest BCUT2D eigenvalue weighted by Gasteiger charge is 2.41. The molecular formula is C24H22FN3O3. The van der Waals surface area contributed by atoms with Crippen LogP contribution in [0.3, 0.4) is 0 Å². The number of aromatic nitrogens is 1. The van der Waals surface area contributed by atoms with E-state index in [1.807, 2.05) is 24.0 Å². The number of furan rings is 1. The third-order valence-corrected chi connectivity index (χ3v) is 5.29. The number of benzene rings is 1. The summed E-state index contributed by atoms with van der Waals surface area (Å²) in [5.74, 6) is -0.677. The maximum absolute atomic E-state index is 13.5. The van der Waals surface area contributed by atoms with Crippen molar-refractivity contribution in [1.82, 2.24) is 14.8 Å². The van der Waals surface area contributed by atoms with E-state index in [4.69, 9.17) is 4.42 Å². The molecule has 0 aliphatic carbocycles. The fourth-order valence-corrected chi connectivity index (χ4v) is 3.68. The summed E-state index contributed by atoms with van der Waals surface area (Å²) in [4.78, 5) is 33.8. The second-order valence-electron chi connectivity index (χ2n) is 7.19. The zero-order chi connectivity index (χ0) is 21.8. The van der Waals surface area contributed by atoms with Crippen LogP contribution in [-0.4, -0.2) is 39.7 Å². The molecule has 2 amide bonds. The number of amides is 2. The maximum Gasteiger partial charge on any atom is 0.278 e. The van der Waals surface area contributed by atoms with Crippen molar-refractivity contribution < 1.29 is 18.4 Å². The van der Waals surface area contributed by atoms with Gasteiger partial charge in [-0.15, -0.1) is 0 Å². The van der Waals surface area contributed by atoms with E-state index < -0.39 is 11.7 Å². The van der Waals surface area contributed by atoms with Crippen molar-refractivity contribution in [3.05, 3.63) is 95.6 Å². The topological polar surface area (TPSA) is 66.7 Å². The summed E-state index contributed by atoms with van der Waals surface area (Å²) in [7, 11) is 0. The van der Waals surface area contributed by atoms with Crippen LogP contribution in [-0.2, 0) is 22.6 Å². The van der Waals surface area contributed by atoms with Gasteiger partial charge >= 0.3 is 0 Å². The van der Waals surface area contributed by atoms with Crippen molar-refractivity contribution in [2.75, 3.05) is 13.1 Å². The Balaban J connectivity index is 1.69. The lowest BCUT2D eigenvalue weighted by molar-refractivity contribution is -0.138. The first-order chi connectivity index (χ1) is 15.1. The summed E-state index contributed by atoms with van der Waals surface area (Å²) in [6, 6.07) is 12.9. The van der Waals surface area contributed by atoms with E-state index in [9.17, 15) is 14.0 Å². The fraction of sp³-hybridized carbons (Fsp3) is 0.208. The minimum Gasteiger partial charge on any atom is -0.467 e. The maximum atomic E-state index is 13.5. The Hall–Kier alpha value is -3.74. The van der Waals surface area contributed by atoms with Crippen LogP contribution >= 0.6 is 0 Å². The lowest BCUT2D eigenvalue weighted by Gasteiger charge is -2.24. The van der Waals surface area contributed by atoms with E-state index in [-0.39, 0.29) is 18.0 Å². The van der Waals surface area contributed by atoms with Crippen LogP contribution in [0.4, 0.5) is 4.39 Å². The molecule has 7 heteroatoms.